The molecule has 0 radical (unpaired) electrons. The first-order valence-electron chi connectivity index (χ1n) is 8.44. The van der Waals surface area contributed by atoms with Gasteiger partial charge in [-0.15, -0.1) is 0 Å². The Morgan fingerprint density at radius 3 is 2.62 bits per heavy atom. The highest BCUT2D eigenvalue weighted by Crippen LogP contribution is 2.36. The summed E-state index contributed by atoms with van der Waals surface area (Å²) in [5.41, 5.74) is 4.33. The molecule has 0 aliphatic carbocycles. The predicted octanol–water partition coefficient (Wildman–Crippen LogP) is 3.28. The fourth-order valence-corrected chi connectivity index (χ4v) is 4.69. The van der Waals surface area contributed by atoms with Crippen molar-refractivity contribution in [1.29, 1.82) is 0 Å². The van der Waals surface area contributed by atoms with Crippen molar-refractivity contribution in [3.05, 3.63) is 52.8 Å². The molecular weight excluding hydrogens is 318 g/mol. The topological polar surface area (TPSA) is 38.1 Å². The van der Waals surface area contributed by atoms with Gasteiger partial charge in [0.05, 0.1) is 18.2 Å². The quantitative estimate of drug-likeness (QED) is 0.858. The van der Waals surface area contributed by atoms with E-state index in [1.807, 2.05) is 43.4 Å². The number of thioether (sulfide) groups is 1. The Kier molecular flexibility index (Phi) is 4.99. The maximum Gasteiger partial charge on any atom is 0.227 e. The molecule has 4 nitrogen and oxygen atoms in total. The number of amides is 1. The summed E-state index contributed by atoms with van der Waals surface area (Å²) in [7, 11) is 1.93. The van der Waals surface area contributed by atoms with Crippen LogP contribution in [0.4, 0.5) is 0 Å². The highest BCUT2D eigenvalue weighted by atomic mass is 32.2. The van der Waals surface area contributed by atoms with Crippen molar-refractivity contribution in [2.24, 2.45) is 7.05 Å². The average molecular weight is 343 g/mol. The largest absolute Gasteiger partial charge is 0.333 e. The van der Waals surface area contributed by atoms with Gasteiger partial charge in [0.1, 0.15) is 0 Å². The monoisotopic (exact) mass is 343 g/mol. The van der Waals surface area contributed by atoms with Crippen LogP contribution in [0.3, 0.4) is 0 Å². The minimum atomic E-state index is 0.148. The van der Waals surface area contributed by atoms with E-state index in [9.17, 15) is 4.79 Å². The van der Waals surface area contributed by atoms with Crippen molar-refractivity contribution in [2.45, 2.75) is 38.5 Å². The molecule has 2 heterocycles. The third kappa shape index (κ3) is 3.22. The molecule has 1 saturated heterocycles. The van der Waals surface area contributed by atoms with E-state index in [0.717, 1.165) is 29.2 Å². The summed E-state index contributed by atoms with van der Waals surface area (Å²) < 4.78 is 1.86. The number of hydrogen-bond donors (Lipinski definition) is 0. The molecule has 1 aromatic carbocycles. The lowest BCUT2D eigenvalue weighted by atomic mass is 10.0. The molecule has 0 bridgehead atoms. The third-order valence-corrected chi connectivity index (χ3v) is 6.14. The SMILES string of the molecule is Cc1nn(C)c(C)c1CC(=O)N1CCS[C@H](C)[C@H]1c1ccccc1. The van der Waals surface area contributed by atoms with Crippen LogP contribution in [-0.2, 0) is 18.3 Å². The normalized spacial score (nSPS) is 21.1. The van der Waals surface area contributed by atoms with Crippen molar-refractivity contribution in [3.63, 3.8) is 0 Å². The lowest BCUT2D eigenvalue weighted by molar-refractivity contribution is -0.132. The molecule has 2 aromatic rings. The van der Waals surface area contributed by atoms with E-state index in [1.165, 1.54) is 5.56 Å². The van der Waals surface area contributed by atoms with Crippen LogP contribution >= 0.6 is 11.8 Å². The zero-order valence-electron chi connectivity index (χ0n) is 14.8. The maximum atomic E-state index is 13.1. The fraction of sp³-hybridized carbons (Fsp3) is 0.474. The molecule has 2 atom stereocenters. The van der Waals surface area contributed by atoms with E-state index in [1.54, 1.807) is 0 Å². The van der Waals surface area contributed by atoms with Gasteiger partial charge in [0.2, 0.25) is 5.91 Å². The first-order valence-corrected chi connectivity index (χ1v) is 9.49. The first-order chi connectivity index (χ1) is 11.5. The molecule has 1 aromatic heterocycles. The van der Waals surface area contributed by atoms with Crippen molar-refractivity contribution in [3.8, 4) is 0 Å². The third-order valence-electron chi connectivity index (χ3n) is 4.94. The molecule has 128 valence electrons. The van der Waals surface area contributed by atoms with Gasteiger partial charge in [-0.25, -0.2) is 0 Å². The highest BCUT2D eigenvalue weighted by molar-refractivity contribution is 8.00. The summed E-state index contributed by atoms with van der Waals surface area (Å²) in [6.07, 6.45) is 0.437. The standard InChI is InChI=1S/C19H25N3OS/c1-13-17(14(2)21(4)20-13)12-18(23)22-10-11-24-15(3)19(22)16-8-6-5-7-9-16/h5-9,15,19H,10-12H2,1-4H3/t15-,19+/m1/s1. The molecule has 1 fully saturated rings. The van der Waals surface area contributed by atoms with E-state index in [4.69, 9.17) is 0 Å². The molecule has 5 heteroatoms. The van der Waals surface area contributed by atoms with Gasteiger partial charge in [-0.1, -0.05) is 37.3 Å². The molecule has 24 heavy (non-hydrogen) atoms. The summed E-state index contributed by atoms with van der Waals surface area (Å²) in [6.45, 7) is 7.05. The molecule has 0 N–H and O–H groups in total. The summed E-state index contributed by atoms with van der Waals surface area (Å²) in [5.74, 6) is 1.21. The van der Waals surface area contributed by atoms with Crippen LogP contribution < -0.4 is 0 Å². The number of carbonyl (C=O) groups is 1. The molecule has 0 unspecified atom stereocenters. The Hall–Kier alpha value is -1.75. The van der Waals surface area contributed by atoms with E-state index in [0.29, 0.717) is 11.7 Å². The highest BCUT2D eigenvalue weighted by Gasteiger charge is 2.33. The number of aryl methyl sites for hydroxylation is 2. The second-order valence-corrected chi connectivity index (χ2v) is 7.95. The van der Waals surface area contributed by atoms with Crippen LogP contribution in [-0.4, -0.2) is 38.1 Å². The molecule has 0 saturated carbocycles. The Morgan fingerprint density at radius 2 is 2.00 bits per heavy atom. The minimum Gasteiger partial charge on any atom is -0.333 e. The summed E-state index contributed by atoms with van der Waals surface area (Å²) in [5, 5.41) is 4.85. The van der Waals surface area contributed by atoms with Gasteiger partial charge in [0.15, 0.2) is 0 Å². The number of carbonyl (C=O) groups excluding carboxylic acids is 1. The minimum absolute atomic E-state index is 0.148. The Labute approximate surface area is 148 Å². The van der Waals surface area contributed by atoms with Gasteiger partial charge in [-0.2, -0.15) is 16.9 Å². The molecule has 3 rings (SSSR count). The second kappa shape index (κ2) is 7.01. The molecular formula is C19H25N3OS. The van der Waals surface area contributed by atoms with E-state index in [2.05, 4.69) is 41.2 Å². The second-order valence-electron chi connectivity index (χ2n) is 6.47. The average Bonchev–Trinajstić information content (AvgIpc) is 2.81. The van der Waals surface area contributed by atoms with E-state index in [-0.39, 0.29) is 11.9 Å². The van der Waals surface area contributed by atoms with Crippen LogP contribution in [0, 0.1) is 13.8 Å². The van der Waals surface area contributed by atoms with E-state index >= 15 is 0 Å². The predicted molar refractivity (Wildman–Crippen MR) is 99.2 cm³/mol. The van der Waals surface area contributed by atoms with Crippen molar-refractivity contribution >= 4 is 17.7 Å². The zero-order chi connectivity index (χ0) is 17.3. The smallest absolute Gasteiger partial charge is 0.227 e. The molecule has 1 aliphatic rings. The van der Waals surface area contributed by atoms with Crippen LogP contribution in [0.2, 0.25) is 0 Å². The van der Waals surface area contributed by atoms with Gasteiger partial charge in [0.25, 0.3) is 0 Å². The lowest BCUT2D eigenvalue weighted by Gasteiger charge is -2.40. The maximum absolute atomic E-state index is 13.1. The van der Waals surface area contributed by atoms with Crippen molar-refractivity contribution in [1.82, 2.24) is 14.7 Å². The van der Waals surface area contributed by atoms with Crippen molar-refractivity contribution in [2.75, 3.05) is 12.3 Å². The number of rotatable bonds is 3. The molecule has 1 aliphatic heterocycles. The number of nitrogens with zero attached hydrogens (tertiary/aromatic N) is 3. The number of benzene rings is 1. The number of aromatic nitrogens is 2. The van der Waals surface area contributed by atoms with Gasteiger partial charge >= 0.3 is 0 Å². The Balaban J connectivity index is 1.86. The van der Waals surface area contributed by atoms with Crippen LogP contribution in [0.25, 0.3) is 0 Å². The Bertz CT molecular complexity index is 726. The summed E-state index contributed by atoms with van der Waals surface area (Å²) in [4.78, 5) is 15.2. The lowest BCUT2D eigenvalue weighted by Crippen LogP contribution is -2.44. The number of hydrogen-bond acceptors (Lipinski definition) is 3. The van der Waals surface area contributed by atoms with Crippen LogP contribution in [0.5, 0.6) is 0 Å². The summed E-state index contributed by atoms with van der Waals surface area (Å²) >= 11 is 1.95. The van der Waals surface area contributed by atoms with Gasteiger partial charge in [0, 0.05) is 35.9 Å². The summed E-state index contributed by atoms with van der Waals surface area (Å²) in [6, 6.07) is 10.5. The van der Waals surface area contributed by atoms with E-state index < -0.39 is 0 Å². The van der Waals surface area contributed by atoms with Gasteiger partial charge in [-0.3, -0.25) is 9.48 Å². The van der Waals surface area contributed by atoms with Crippen LogP contribution in [0.15, 0.2) is 30.3 Å². The fourth-order valence-electron chi connectivity index (χ4n) is 3.53. The van der Waals surface area contributed by atoms with Gasteiger partial charge < -0.3 is 4.90 Å². The van der Waals surface area contributed by atoms with Crippen LogP contribution in [0.1, 0.15) is 35.5 Å². The molecule has 1 amide bonds. The van der Waals surface area contributed by atoms with Gasteiger partial charge in [-0.05, 0) is 19.4 Å². The first kappa shape index (κ1) is 17.1. The molecule has 0 spiro atoms. The van der Waals surface area contributed by atoms with Crippen molar-refractivity contribution < 1.29 is 4.79 Å². The zero-order valence-corrected chi connectivity index (χ0v) is 15.6. The Morgan fingerprint density at radius 1 is 1.29 bits per heavy atom.